The number of carbonyl (C=O) groups is 1. The molecule has 0 saturated heterocycles. The van der Waals surface area contributed by atoms with E-state index in [-0.39, 0.29) is 17.1 Å². The van der Waals surface area contributed by atoms with Crippen LogP contribution in [0.5, 0.6) is 11.5 Å². The van der Waals surface area contributed by atoms with Crippen molar-refractivity contribution in [3.8, 4) is 11.5 Å². The molecule has 3 rings (SSSR count). The van der Waals surface area contributed by atoms with E-state index in [1.807, 2.05) is 12.1 Å². The number of hydrogen-bond acceptors (Lipinski definition) is 5. The summed E-state index contributed by atoms with van der Waals surface area (Å²) in [5.74, 6) is -0.230. The van der Waals surface area contributed by atoms with Gasteiger partial charge < -0.3 is 13.6 Å². The van der Waals surface area contributed by atoms with Crippen LogP contribution in [-0.2, 0) is 15.5 Å². The van der Waals surface area contributed by atoms with Crippen LogP contribution in [0.4, 0.5) is 0 Å². The molecule has 0 radical (unpaired) electrons. The lowest BCUT2D eigenvalue weighted by Crippen LogP contribution is -2.11. The molecule has 0 heterocycles. The van der Waals surface area contributed by atoms with E-state index in [1.165, 1.54) is 0 Å². The fourth-order valence-corrected chi connectivity index (χ4v) is 3.80. The molecule has 0 saturated carbocycles. The molecule has 0 amide bonds. The monoisotopic (exact) mass is 410 g/mol. The molecule has 3 aromatic carbocycles. The minimum absolute atomic E-state index is 0.273. The maximum absolute atomic E-state index is 13.3. The average Bonchev–Trinajstić information content (AvgIpc) is 2.73. The van der Waals surface area contributed by atoms with Crippen LogP contribution in [0.15, 0.2) is 84.9 Å². The lowest BCUT2D eigenvalue weighted by atomic mass is 10.1. The van der Waals surface area contributed by atoms with Crippen LogP contribution in [0, 0.1) is 0 Å². The summed E-state index contributed by atoms with van der Waals surface area (Å²) in [6.45, 7) is 2.13. The predicted molar refractivity (Wildman–Crippen MR) is 112 cm³/mol. The van der Waals surface area contributed by atoms with Crippen LogP contribution in [0.1, 0.15) is 35.7 Å². The normalized spacial score (nSPS) is 10.9. The molecular formula is C23H23O5P. The number of rotatable bonds is 9. The number of carbonyl (C=O) groups excluding carboxylic acids is 1. The van der Waals surface area contributed by atoms with Gasteiger partial charge in [0.15, 0.2) is 0 Å². The van der Waals surface area contributed by atoms with E-state index < -0.39 is 13.8 Å². The highest BCUT2D eigenvalue weighted by Crippen LogP contribution is 2.50. The number of unbranched alkanes of at least 4 members (excludes halogenated alkanes) is 1. The Balaban J connectivity index is 1.78. The zero-order chi connectivity index (χ0) is 20.5. The Labute approximate surface area is 170 Å². The Morgan fingerprint density at radius 1 is 0.793 bits per heavy atom. The number of hydrogen-bond donors (Lipinski definition) is 0. The first-order chi connectivity index (χ1) is 14.1. The zero-order valence-electron chi connectivity index (χ0n) is 16.2. The molecular weight excluding hydrogens is 387 g/mol. The molecule has 0 aliphatic heterocycles. The lowest BCUT2D eigenvalue weighted by Gasteiger charge is -2.18. The van der Waals surface area contributed by atoms with Crippen molar-refractivity contribution in [3.05, 3.63) is 96.1 Å². The van der Waals surface area contributed by atoms with E-state index in [1.54, 1.807) is 72.8 Å². The Bertz CT molecular complexity index is 910. The number of aryl methyl sites for hydroxylation is 1. The molecule has 0 bridgehead atoms. The number of benzene rings is 3. The summed E-state index contributed by atoms with van der Waals surface area (Å²) < 4.78 is 29.4. The quantitative estimate of drug-likeness (QED) is 0.379. The van der Waals surface area contributed by atoms with Gasteiger partial charge in [-0.05, 0) is 54.8 Å². The molecule has 0 aromatic heterocycles. The maximum atomic E-state index is 13.3. The Kier molecular flexibility index (Phi) is 7.09. The summed E-state index contributed by atoms with van der Waals surface area (Å²) in [5, 5.41) is 0. The van der Waals surface area contributed by atoms with Crippen molar-refractivity contribution in [3.63, 3.8) is 0 Å². The van der Waals surface area contributed by atoms with Gasteiger partial charge in [0.2, 0.25) is 0 Å². The summed E-state index contributed by atoms with van der Waals surface area (Å²) in [6.07, 6.45) is 3.12. The first-order valence-corrected chi connectivity index (χ1v) is 11.0. The molecule has 0 aliphatic carbocycles. The van der Waals surface area contributed by atoms with Gasteiger partial charge >= 0.3 is 13.8 Å². The summed E-state index contributed by atoms with van der Waals surface area (Å²) in [6, 6.07) is 24.0. The molecule has 0 aliphatic rings. The average molecular weight is 410 g/mol. The second-order valence-electron chi connectivity index (χ2n) is 6.44. The standard InChI is InChI=1S/C23H23O5P/c1-2-3-10-19-15-17-20(18-16-19)23(24)28-29(25,26-21-11-6-4-7-12-21)27-22-13-8-5-9-14-22/h4-9,11-18H,2-3,10H2,1H3. The molecule has 29 heavy (non-hydrogen) atoms. The minimum Gasteiger partial charge on any atom is -0.386 e. The highest BCUT2D eigenvalue weighted by Gasteiger charge is 2.35. The lowest BCUT2D eigenvalue weighted by molar-refractivity contribution is 0.0688. The van der Waals surface area contributed by atoms with Crippen molar-refractivity contribution < 1.29 is 22.9 Å². The van der Waals surface area contributed by atoms with Crippen molar-refractivity contribution >= 4 is 13.8 Å². The van der Waals surface area contributed by atoms with Crippen molar-refractivity contribution in [1.29, 1.82) is 0 Å². The second-order valence-corrected chi connectivity index (χ2v) is 7.88. The van der Waals surface area contributed by atoms with E-state index in [0.717, 1.165) is 24.8 Å². The molecule has 5 nitrogen and oxygen atoms in total. The molecule has 0 atom stereocenters. The van der Waals surface area contributed by atoms with Gasteiger partial charge in [0.25, 0.3) is 0 Å². The molecule has 0 unspecified atom stereocenters. The SMILES string of the molecule is CCCCc1ccc(C(=O)OP(=O)(Oc2ccccc2)Oc2ccccc2)cc1. The van der Waals surface area contributed by atoms with E-state index in [2.05, 4.69) is 6.92 Å². The van der Waals surface area contributed by atoms with Crippen LogP contribution in [0.2, 0.25) is 0 Å². The van der Waals surface area contributed by atoms with Gasteiger partial charge in [-0.1, -0.05) is 61.9 Å². The van der Waals surface area contributed by atoms with Crippen LogP contribution in [0.25, 0.3) is 0 Å². The highest BCUT2D eigenvalue weighted by molar-refractivity contribution is 7.50. The van der Waals surface area contributed by atoms with Crippen LogP contribution < -0.4 is 9.05 Å². The molecule has 0 N–H and O–H groups in total. The molecule has 0 fully saturated rings. The Hall–Kier alpha value is -3.04. The van der Waals surface area contributed by atoms with Gasteiger partial charge in [-0.2, -0.15) is 4.57 Å². The van der Waals surface area contributed by atoms with Crippen LogP contribution in [-0.4, -0.2) is 5.97 Å². The van der Waals surface area contributed by atoms with Crippen LogP contribution in [0.3, 0.4) is 0 Å². The number of para-hydroxylation sites is 2. The van der Waals surface area contributed by atoms with Crippen LogP contribution >= 0.6 is 7.82 Å². The number of phosphoric ester groups is 1. The van der Waals surface area contributed by atoms with Crippen molar-refractivity contribution in [2.45, 2.75) is 26.2 Å². The molecule has 6 heteroatoms. The topological polar surface area (TPSA) is 61.8 Å². The Morgan fingerprint density at radius 3 is 1.79 bits per heavy atom. The van der Waals surface area contributed by atoms with E-state index in [0.29, 0.717) is 0 Å². The summed E-state index contributed by atoms with van der Waals surface area (Å²) >= 11 is 0. The smallest absolute Gasteiger partial charge is 0.386 e. The molecule has 0 spiro atoms. The van der Waals surface area contributed by atoms with E-state index in [4.69, 9.17) is 13.6 Å². The third-order valence-corrected chi connectivity index (χ3v) is 5.38. The zero-order valence-corrected chi connectivity index (χ0v) is 17.1. The minimum atomic E-state index is -4.26. The highest BCUT2D eigenvalue weighted by atomic mass is 31.2. The molecule has 150 valence electrons. The van der Waals surface area contributed by atoms with Gasteiger partial charge in [-0.25, -0.2) is 4.79 Å². The van der Waals surface area contributed by atoms with Gasteiger partial charge in [0, 0.05) is 0 Å². The fourth-order valence-electron chi connectivity index (χ4n) is 2.62. The van der Waals surface area contributed by atoms with Gasteiger partial charge in [0.05, 0.1) is 5.56 Å². The fraction of sp³-hybridized carbons (Fsp3) is 0.174. The largest absolute Gasteiger partial charge is 0.649 e. The first kappa shape index (κ1) is 20.7. The third-order valence-electron chi connectivity index (χ3n) is 4.12. The summed E-state index contributed by atoms with van der Waals surface area (Å²) in [5.41, 5.74) is 1.41. The summed E-state index contributed by atoms with van der Waals surface area (Å²) in [7, 11) is -4.26. The van der Waals surface area contributed by atoms with Gasteiger partial charge in [-0.3, -0.25) is 0 Å². The molecule has 3 aromatic rings. The maximum Gasteiger partial charge on any atom is 0.649 e. The van der Waals surface area contributed by atoms with E-state index in [9.17, 15) is 9.36 Å². The predicted octanol–water partition coefficient (Wildman–Crippen LogP) is 6.45. The van der Waals surface area contributed by atoms with Gasteiger partial charge in [0.1, 0.15) is 11.5 Å². The van der Waals surface area contributed by atoms with Gasteiger partial charge in [-0.15, -0.1) is 0 Å². The van der Waals surface area contributed by atoms with Crippen molar-refractivity contribution in [2.75, 3.05) is 0 Å². The Morgan fingerprint density at radius 2 is 1.31 bits per heavy atom. The van der Waals surface area contributed by atoms with Crippen molar-refractivity contribution in [1.82, 2.24) is 0 Å². The second kappa shape index (κ2) is 9.94. The first-order valence-electron chi connectivity index (χ1n) is 9.50. The van der Waals surface area contributed by atoms with Crippen molar-refractivity contribution in [2.24, 2.45) is 0 Å². The summed E-state index contributed by atoms with van der Waals surface area (Å²) in [4.78, 5) is 12.6. The third kappa shape index (κ3) is 6.23. The van der Waals surface area contributed by atoms with E-state index >= 15 is 0 Å². The number of phosphoric acid groups is 1.